The van der Waals surface area contributed by atoms with Gasteiger partial charge in [-0.05, 0) is 59.7 Å². The number of nitrogens with one attached hydrogen (secondary N) is 1. The van der Waals surface area contributed by atoms with Gasteiger partial charge in [0.05, 0.1) is 7.11 Å². The van der Waals surface area contributed by atoms with Gasteiger partial charge in [0.15, 0.2) is 0 Å². The highest BCUT2D eigenvalue weighted by Gasteiger charge is 2.19. The van der Waals surface area contributed by atoms with Crippen LogP contribution >= 0.6 is 11.8 Å². The summed E-state index contributed by atoms with van der Waals surface area (Å²) in [5.41, 5.74) is 3.24. The third kappa shape index (κ3) is 5.82. The second kappa shape index (κ2) is 9.92. The smallest absolute Gasteiger partial charge is 0.255 e. The molecule has 31 heavy (non-hydrogen) atoms. The van der Waals surface area contributed by atoms with Gasteiger partial charge in [-0.15, -0.1) is 11.8 Å². The third-order valence-electron chi connectivity index (χ3n) is 4.95. The van der Waals surface area contributed by atoms with Crippen LogP contribution in [-0.2, 0) is 12.0 Å². The van der Waals surface area contributed by atoms with Gasteiger partial charge in [-0.1, -0.05) is 45.0 Å². The molecule has 0 spiro atoms. The first-order valence-electron chi connectivity index (χ1n) is 10.2. The van der Waals surface area contributed by atoms with Crippen LogP contribution in [0.1, 0.15) is 42.3 Å². The van der Waals surface area contributed by atoms with E-state index in [0.29, 0.717) is 17.9 Å². The number of rotatable bonds is 7. The molecule has 0 saturated heterocycles. The summed E-state index contributed by atoms with van der Waals surface area (Å²) < 4.78 is 11.7. The Hall–Kier alpha value is -2.92. The summed E-state index contributed by atoms with van der Waals surface area (Å²) in [7, 11) is 1.62. The molecule has 0 aliphatic heterocycles. The average Bonchev–Trinajstić information content (AvgIpc) is 2.77. The second-order valence-electron chi connectivity index (χ2n) is 8.25. The Labute approximate surface area is 189 Å². The van der Waals surface area contributed by atoms with Crippen LogP contribution in [0.4, 0.5) is 5.69 Å². The summed E-state index contributed by atoms with van der Waals surface area (Å²) in [6, 6.07) is 21.2. The molecule has 0 radical (unpaired) electrons. The first-order valence-corrected chi connectivity index (χ1v) is 11.4. The normalized spacial score (nSPS) is 11.1. The molecular formula is C26H29NO3S. The molecule has 3 rings (SSSR count). The van der Waals surface area contributed by atoms with Crippen molar-refractivity contribution < 1.29 is 14.3 Å². The Balaban J connectivity index is 1.80. The molecule has 3 aromatic carbocycles. The molecule has 0 unspecified atom stereocenters. The van der Waals surface area contributed by atoms with Gasteiger partial charge in [0.2, 0.25) is 0 Å². The van der Waals surface area contributed by atoms with E-state index >= 15 is 0 Å². The molecule has 0 saturated carbocycles. The van der Waals surface area contributed by atoms with Crippen LogP contribution in [0.2, 0.25) is 0 Å². The number of carbonyl (C=O) groups is 1. The molecule has 1 amide bonds. The largest absolute Gasteiger partial charge is 0.496 e. The van der Waals surface area contributed by atoms with E-state index in [-0.39, 0.29) is 11.3 Å². The molecule has 162 valence electrons. The second-order valence-corrected chi connectivity index (χ2v) is 9.13. The van der Waals surface area contributed by atoms with Crippen LogP contribution in [0.25, 0.3) is 0 Å². The van der Waals surface area contributed by atoms with Gasteiger partial charge in [-0.3, -0.25) is 4.79 Å². The summed E-state index contributed by atoms with van der Waals surface area (Å²) in [6.07, 6.45) is 2.01. The first kappa shape index (κ1) is 22.8. The van der Waals surface area contributed by atoms with Crippen molar-refractivity contribution in [1.82, 2.24) is 0 Å². The average molecular weight is 436 g/mol. The van der Waals surface area contributed by atoms with Gasteiger partial charge in [0, 0.05) is 21.7 Å². The zero-order valence-corrected chi connectivity index (χ0v) is 19.5. The lowest BCUT2D eigenvalue weighted by Gasteiger charge is -2.23. The highest BCUT2D eigenvalue weighted by Crippen LogP contribution is 2.32. The topological polar surface area (TPSA) is 47.6 Å². The molecule has 0 fully saturated rings. The number of thioether (sulfide) groups is 1. The van der Waals surface area contributed by atoms with Gasteiger partial charge in [-0.2, -0.15) is 0 Å². The minimum absolute atomic E-state index is 0.0340. The van der Waals surface area contributed by atoms with Crippen LogP contribution < -0.4 is 14.8 Å². The fourth-order valence-corrected chi connectivity index (χ4v) is 3.76. The third-order valence-corrected chi connectivity index (χ3v) is 5.67. The van der Waals surface area contributed by atoms with Gasteiger partial charge in [-0.25, -0.2) is 0 Å². The maximum Gasteiger partial charge on any atom is 0.255 e. The highest BCUT2D eigenvalue weighted by molar-refractivity contribution is 7.98. The lowest BCUT2D eigenvalue weighted by molar-refractivity contribution is 0.102. The zero-order chi connectivity index (χ0) is 22.4. The fourth-order valence-electron chi connectivity index (χ4n) is 3.30. The predicted molar refractivity (Wildman–Crippen MR) is 129 cm³/mol. The Kier molecular flexibility index (Phi) is 7.29. The number of benzene rings is 3. The summed E-state index contributed by atoms with van der Waals surface area (Å²) in [6.45, 7) is 6.78. The number of methoxy groups -OCH3 is 1. The highest BCUT2D eigenvalue weighted by atomic mass is 32.2. The van der Waals surface area contributed by atoms with Crippen molar-refractivity contribution in [3.8, 4) is 11.5 Å². The number of anilines is 1. The van der Waals surface area contributed by atoms with Crippen molar-refractivity contribution >= 4 is 23.4 Å². The fraction of sp³-hybridized carbons (Fsp3) is 0.269. The summed E-state index contributed by atoms with van der Waals surface area (Å²) >= 11 is 1.64. The Morgan fingerprint density at radius 2 is 1.74 bits per heavy atom. The van der Waals surface area contributed by atoms with Crippen LogP contribution in [0.15, 0.2) is 71.6 Å². The Morgan fingerprint density at radius 3 is 2.45 bits per heavy atom. The number of ether oxygens (including phenoxy) is 2. The van der Waals surface area contributed by atoms with E-state index < -0.39 is 0 Å². The van der Waals surface area contributed by atoms with Crippen molar-refractivity contribution in [1.29, 1.82) is 0 Å². The van der Waals surface area contributed by atoms with E-state index in [0.717, 1.165) is 27.5 Å². The van der Waals surface area contributed by atoms with Crippen molar-refractivity contribution in [3.05, 3.63) is 83.4 Å². The van der Waals surface area contributed by atoms with Crippen molar-refractivity contribution in [2.45, 2.75) is 37.7 Å². The lowest BCUT2D eigenvalue weighted by atomic mass is 9.86. The van der Waals surface area contributed by atoms with Crippen LogP contribution in [0.3, 0.4) is 0 Å². The maximum atomic E-state index is 12.8. The molecule has 0 aromatic heterocycles. The number of amides is 1. The van der Waals surface area contributed by atoms with Gasteiger partial charge in [0.25, 0.3) is 5.91 Å². The Morgan fingerprint density at radius 1 is 0.968 bits per heavy atom. The van der Waals surface area contributed by atoms with Crippen molar-refractivity contribution in [2.75, 3.05) is 18.7 Å². The van der Waals surface area contributed by atoms with E-state index in [2.05, 4.69) is 32.2 Å². The first-order chi connectivity index (χ1) is 14.8. The van der Waals surface area contributed by atoms with E-state index in [1.807, 2.05) is 60.9 Å². The molecule has 0 aliphatic carbocycles. The predicted octanol–water partition coefficient (Wildman–Crippen LogP) is 6.55. The van der Waals surface area contributed by atoms with Gasteiger partial charge < -0.3 is 14.8 Å². The molecule has 5 heteroatoms. The quantitative estimate of drug-likeness (QED) is 0.428. The van der Waals surface area contributed by atoms with E-state index in [1.54, 1.807) is 24.9 Å². The molecule has 3 aromatic rings. The molecule has 0 atom stereocenters. The minimum atomic E-state index is -0.169. The van der Waals surface area contributed by atoms with E-state index in [1.165, 1.54) is 0 Å². The number of para-hydroxylation sites is 1. The molecule has 0 aliphatic rings. The summed E-state index contributed by atoms with van der Waals surface area (Å²) in [5.74, 6) is 1.35. The summed E-state index contributed by atoms with van der Waals surface area (Å²) in [4.78, 5) is 13.9. The molecular weight excluding hydrogens is 406 g/mol. The molecule has 1 N–H and O–H groups in total. The van der Waals surface area contributed by atoms with Gasteiger partial charge in [0.1, 0.15) is 18.1 Å². The number of hydrogen-bond donors (Lipinski definition) is 1. The maximum absolute atomic E-state index is 12.8. The number of hydrogen-bond acceptors (Lipinski definition) is 4. The van der Waals surface area contributed by atoms with Crippen LogP contribution in [0, 0.1) is 0 Å². The monoisotopic (exact) mass is 435 g/mol. The van der Waals surface area contributed by atoms with Gasteiger partial charge >= 0.3 is 0 Å². The van der Waals surface area contributed by atoms with Crippen LogP contribution in [0.5, 0.6) is 11.5 Å². The summed E-state index contributed by atoms with van der Waals surface area (Å²) in [5, 5.41) is 2.97. The molecule has 0 bridgehead atoms. The van der Waals surface area contributed by atoms with Crippen molar-refractivity contribution in [3.63, 3.8) is 0 Å². The zero-order valence-electron chi connectivity index (χ0n) is 18.7. The Bertz CT molecular complexity index is 1060. The minimum Gasteiger partial charge on any atom is -0.496 e. The van der Waals surface area contributed by atoms with E-state index in [4.69, 9.17) is 9.47 Å². The van der Waals surface area contributed by atoms with Crippen molar-refractivity contribution in [2.24, 2.45) is 0 Å². The standard InChI is InChI=1S/C26H29NO3S/c1-26(2,3)22-11-6-7-12-24(22)30-17-19-15-18(13-14-23(19)29-4)25(28)27-20-9-8-10-21(16-20)31-5/h6-16H,17H2,1-5H3,(H,27,28). The van der Waals surface area contributed by atoms with E-state index in [9.17, 15) is 4.79 Å². The van der Waals surface area contributed by atoms with Crippen LogP contribution in [-0.4, -0.2) is 19.3 Å². The number of carbonyl (C=O) groups excluding carboxylic acids is 1. The molecule has 0 heterocycles. The molecule has 4 nitrogen and oxygen atoms in total. The SMILES string of the molecule is COc1ccc(C(=O)Nc2cccc(SC)c2)cc1COc1ccccc1C(C)(C)C. The lowest BCUT2D eigenvalue weighted by Crippen LogP contribution is -2.14.